The lowest BCUT2D eigenvalue weighted by Crippen LogP contribution is -2.21. The van der Waals surface area contributed by atoms with Crippen LogP contribution in [0.25, 0.3) is 0 Å². The number of nitrogens with zero attached hydrogens (tertiary/aromatic N) is 2. The number of carbonyl (C=O) groups is 1. The molecule has 5 heteroatoms. The van der Waals surface area contributed by atoms with E-state index in [-0.39, 0.29) is 5.91 Å². The maximum absolute atomic E-state index is 11.0. The fraction of sp³-hybridized carbons (Fsp3) is 0.364. The van der Waals surface area contributed by atoms with Gasteiger partial charge in [0.2, 0.25) is 5.91 Å². The Morgan fingerprint density at radius 1 is 1.56 bits per heavy atom. The molecule has 0 spiro atoms. The number of hydrogen-bond acceptors (Lipinski definition) is 4. The van der Waals surface area contributed by atoms with Gasteiger partial charge in [-0.25, -0.2) is 4.98 Å². The van der Waals surface area contributed by atoms with Gasteiger partial charge in [-0.1, -0.05) is 0 Å². The number of pyridine rings is 1. The third-order valence-electron chi connectivity index (χ3n) is 2.02. The molecule has 0 aliphatic heterocycles. The third-order valence-corrected chi connectivity index (χ3v) is 2.02. The number of amides is 1. The fourth-order valence-electron chi connectivity index (χ4n) is 1.25. The van der Waals surface area contributed by atoms with Crippen LogP contribution in [0.4, 0.5) is 5.82 Å². The van der Waals surface area contributed by atoms with Crippen LogP contribution >= 0.6 is 0 Å². The van der Waals surface area contributed by atoms with Crippen LogP contribution in [-0.4, -0.2) is 24.5 Å². The van der Waals surface area contributed by atoms with Gasteiger partial charge in [-0.3, -0.25) is 4.79 Å². The lowest BCUT2D eigenvalue weighted by atomic mass is 10.2. The quantitative estimate of drug-likeness (QED) is 0.784. The lowest BCUT2D eigenvalue weighted by molar-refractivity contribution is -0.120. The number of aryl methyl sites for hydroxylation is 1. The van der Waals surface area contributed by atoms with E-state index in [0.29, 0.717) is 24.3 Å². The second-order valence-corrected chi connectivity index (χ2v) is 3.34. The minimum absolute atomic E-state index is 0.0272. The molecule has 1 rings (SSSR count). The molecule has 0 unspecified atom stereocenters. The van der Waals surface area contributed by atoms with E-state index in [1.807, 2.05) is 6.92 Å². The van der Waals surface area contributed by atoms with Crippen molar-refractivity contribution in [1.82, 2.24) is 10.3 Å². The molecule has 0 bridgehead atoms. The van der Waals surface area contributed by atoms with Crippen LogP contribution in [0, 0.1) is 18.3 Å². The van der Waals surface area contributed by atoms with Crippen molar-refractivity contribution in [3.63, 3.8) is 0 Å². The zero-order chi connectivity index (χ0) is 12.0. The lowest BCUT2D eigenvalue weighted by Gasteiger charge is -2.06. The van der Waals surface area contributed by atoms with Crippen LogP contribution in [0.3, 0.4) is 0 Å². The normalized spacial score (nSPS) is 9.31. The summed E-state index contributed by atoms with van der Waals surface area (Å²) in [5.74, 6) is 0.598. The van der Waals surface area contributed by atoms with Crippen molar-refractivity contribution < 1.29 is 4.79 Å². The standard InChI is InChI=1S/C11H14N4O/c1-8-5-9(7-12)6-10(15-8)14-4-3-11(16)13-2/h5-6H,3-4H2,1-2H3,(H,13,16)(H,14,15). The van der Waals surface area contributed by atoms with Crippen LogP contribution in [-0.2, 0) is 4.79 Å². The molecule has 0 saturated heterocycles. The molecule has 5 nitrogen and oxygen atoms in total. The van der Waals surface area contributed by atoms with Gasteiger partial charge in [0, 0.05) is 25.7 Å². The molecule has 0 fully saturated rings. The highest BCUT2D eigenvalue weighted by Gasteiger charge is 2.01. The van der Waals surface area contributed by atoms with Gasteiger partial charge in [-0.05, 0) is 19.1 Å². The van der Waals surface area contributed by atoms with Crippen molar-refractivity contribution in [2.75, 3.05) is 18.9 Å². The molecular formula is C11H14N4O. The summed E-state index contributed by atoms with van der Waals surface area (Å²) in [6.07, 6.45) is 0.383. The number of carbonyl (C=O) groups excluding carboxylic acids is 1. The molecule has 0 radical (unpaired) electrons. The molecule has 84 valence electrons. The Hall–Kier alpha value is -2.09. The van der Waals surface area contributed by atoms with E-state index in [0.717, 1.165) is 5.69 Å². The first kappa shape index (κ1) is 12.0. The maximum atomic E-state index is 11.0. The van der Waals surface area contributed by atoms with Crippen molar-refractivity contribution >= 4 is 11.7 Å². The Bertz CT molecular complexity index is 422. The molecule has 2 N–H and O–H groups in total. The first-order valence-corrected chi connectivity index (χ1v) is 4.99. The van der Waals surface area contributed by atoms with Crippen LogP contribution in [0.1, 0.15) is 17.7 Å². The third kappa shape index (κ3) is 3.58. The molecule has 16 heavy (non-hydrogen) atoms. The van der Waals surface area contributed by atoms with Crippen molar-refractivity contribution in [3.8, 4) is 6.07 Å². The Balaban J connectivity index is 2.57. The topological polar surface area (TPSA) is 77.8 Å². The van der Waals surface area contributed by atoms with Crippen molar-refractivity contribution in [2.24, 2.45) is 0 Å². The number of nitriles is 1. The Labute approximate surface area is 94.5 Å². The average molecular weight is 218 g/mol. The molecule has 1 aromatic rings. The van der Waals surface area contributed by atoms with Crippen molar-refractivity contribution in [2.45, 2.75) is 13.3 Å². The van der Waals surface area contributed by atoms with E-state index in [2.05, 4.69) is 21.7 Å². The Morgan fingerprint density at radius 2 is 2.31 bits per heavy atom. The molecule has 0 aliphatic rings. The van der Waals surface area contributed by atoms with Gasteiger partial charge in [-0.2, -0.15) is 5.26 Å². The predicted molar refractivity (Wildman–Crippen MR) is 60.9 cm³/mol. The minimum Gasteiger partial charge on any atom is -0.370 e. The summed E-state index contributed by atoms with van der Waals surface area (Å²) in [5, 5.41) is 14.3. The van der Waals surface area contributed by atoms with Gasteiger partial charge in [0.05, 0.1) is 11.6 Å². The fourth-order valence-corrected chi connectivity index (χ4v) is 1.25. The molecule has 0 atom stereocenters. The maximum Gasteiger partial charge on any atom is 0.221 e. The van der Waals surface area contributed by atoms with Crippen LogP contribution in [0.5, 0.6) is 0 Å². The van der Waals surface area contributed by atoms with E-state index in [9.17, 15) is 4.79 Å². The Morgan fingerprint density at radius 3 is 2.94 bits per heavy atom. The number of rotatable bonds is 4. The first-order chi connectivity index (χ1) is 7.65. The summed E-state index contributed by atoms with van der Waals surface area (Å²) in [6.45, 7) is 2.33. The van der Waals surface area contributed by atoms with E-state index < -0.39 is 0 Å². The van der Waals surface area contributed by atoms with E-state index in [1.54, 1.807) is 19.2 Å². The van der Waals surface area contributed by atoms with Gasteiger partial charge < -0.3 is 10.6 Å². The Kier molecular flexibility index (Phi) is 4.28. The van der Waals surface area contributed by atoms with E-state index in [1.165, 1.54) is 0 Å². The summed E-state index contributed by atoms with van der Waals surface area (Å²) < 4.78 is 0. The second kappa shape index (κ2) is 5.71. The number of nitrogens with one attached hydrogen (secondary N) is 2. The first-order valence-electron chi connectivity index (χ1n) is 4.99. The van der Waals surface area contributed by atoms with Crippen LogP contribution in [0.2, 0.25) is 0 Å². The van der Waals surface area contributed by atoms with Gasteiger partial charge in [0.25, 0.3) is 0 Å². The number of anilines is 1. The number of aromatic nitrogens is 1. The molecule has 1 amide bonds. The highest BCUT2D eigenvalue weighted by molar-refractivity contribution is 5.76. The van der Waals surface area contributed by atoms with Crippen LogP contribution in [0.15, 0.2) is 12.1 Å². The highest BCUT2D eigenvalue weighted by atomic mass is 16.1. The van der Waals surface area contributed by atoms with Gasteiger partial charge in [0.1, 0.15) is 5.82 Å². The molecular weight excluding hydrogens is 204 g/mol. The average Bonchev–Trinajstić information content (AvgIpc) is 2.28. The van der Waals surface area contributed by atoms with Gasteiger partial charge in [0.15, 0.2) is 0 Å². The predicted octanol–water partition coefficient (Wildman–Crippen LogP) is 0.810. The number of hydrogen-bond donors (Lipinski definition) is 2. The molecule has 0 aromatic carbocycles. The molecule has 0 saturated carbocycles. The molecule has 1 aromatic heterocycles. The van der Waals surface area contributed by atoms with Gasteiger partial charge >= 0.3 is 0 Å². The zero-order valence-electron chi connectivity index (χ0n) is 9.37. The van der Waals surface area contributed by atoms with Crippen molar-refractivity contribution in [3.05, 3.63) is 23.4 Å². The summed E-state index contributed by atoms with van der Waals surface area (Å²) in [5.41, 5.74) is 1.34. The molecule has 0 aliphatic carbocycles. The smallest absolute Gasteiger partial charge is 0.221 e. The second-order valence-electron chi connectivity index (χ2n) is 3.34. The summed E-state index contributed by atoms with van der Waals surface area (Å²) in [4.78, 5) is 15.2. The van der Waals surface area contributed by atoms with E-state index in [4.69, 9.17) is 5.26 Å². The van der Waals surface area contributed by atoms with Crippen molar-refractivity contribution in [1.29, 1.82) is 5.26 Å². The summed E-state index contributed by atoms with van der Waals surface area (Å²) in [7, 11) is 1.60. The SMILES string of the molecule is CNC(=O)CCNc1cc(C#N)cc(C)n1. The summed E-state index contributed by atoms with van der Waals surface area (Å²) >= 11 is 0. The zero-order valence-corrected chi connectivity index (χ0v) is 9.37. The highest BCUT2D eigenvalue weighted by Crippen LogP contribution is 2.08. The summed E-state index contributed by atoms with van der Waals surface area (Å²) in [6, 6.07) is 5.44. The van der Waals surface area contributed by atoms with E-state index >= 15 is 0 Å². The monoisotopic (exact) mass is 218 g/mol. The minimum atomic E-state index is -0.0272. The molecule has 1 heterocycles. The largest absolute Gasteiger partial charge is 0.370 e. The van der Waals surface area contributed by atoms with Gasteiger partial charge in [-0.15, -0.1) is 0 Å². The van der Waals surface area contributed by atoms with Crippen LogP contribution < -0.4 is 10.6 Å².